The van der Waals surface area contributed by atoms with Crippen molar-refractivity contribution in [1.29, 1.82) is 0 Å². The van der Waals surface area contributed by atoms with Gasteiger partial charge in [0, 0.05) is 11.3 Å². The van der Waals surface area contributed by atoms with Crippen LogP contribution >= 0.6 is 11.8 Å². The van der Waals surface area contributed by atoms with Crippen molar-refractivity contribution < 1.29 is 0 Å². The molecule has 2 heteroatoms. The van der Waals surface area contributed by atoms with Crippen LogP contribution in [-0.4, -0.2) is 28.1 Å². The summed E-state index contributed by atoms with van der Waals surface area (Å²) in [6.45, 7) is 17.9. The highest BCUT2D eigenvalue weighted by Gasteiger charge is 2.45. The third-order valence-electron chi connectivity index (χ3n) is 3.69. The van der Waals surface area contributed by atoms with Gasteiger partial charge in [-0.15, -0.1) is 11.8 Å². The second-order valence-corrected chi connectivity index (χ2v) is 8.04. The maximum Gasteiger partial charge on any atom is 0.0612 e. The maximum atomic E-state index is 2.79. The molecule has 1 aliphatic heterocycles. The second kappa shape index (κ2) is 5.97. The van der Waals surface area contributed by atoms with Crippen molar-refractivity contribution in [3.8, 4) is 0 Å². The minimum absolute atomic E-state index is 0.386. The zero-order chi connectivity index (χ0) is 13.2. The predicted octanol–water partition coefficient (Wildman–Crippen LogP) is 4.62. The molecule has 0 amide bonds. The van der Waals surface area contributed by atoms with E-state index in [1.54, 1.807) is 0 Å². The fourth-order valence-electron chi connectivity index (χ4n) is 2.99. The minimum atomic E-state index is 0.386. The Morgan fingerprint density at radius 3 is 2.12 bits per heavy atom. The molecular weight excluding hydrogens is 226 g/mol. The zero-order valence-electron chi connectivity index (χ0n) is 12.8. The first-order valence-corrected chi connectivity index (χ1v) is 8.18. The lowest BCUT2D eigenvalue weighted by Crippen LogP contribution is -2.44. The van der Waals surface area contributed by atoms with Crippen LogP contribution in [-0.2, 0) is 0 Å². The molecule has 0 N–H and O–H groups in total. The molecule has 0 aromatic heterocycles. The lowest BCUT2D eigenvalue weighted by molar-refractivity contribution is 0.122. The monoisotopic (exact) mass is 257 g/mol. The molecule has 0 radical (unpaired) electrons. The summed E-state index contributed by atoms with van der Waals surface area (Å²) in [5, 5.41) is 1.51. The van der Waals surface area contributed by atoms with E-state index in [1.165, 1.54) is 19.4 Å². The van der Waals surface area contributed by atoms with Gasteiger partial charge in [0.05, 0.1) is 5.37 Å². The first-order chi connectivity index (χ1) is 7.82. The molecule has 1 rings (SSSR count). The Morgan fingerprint density at radius 2 is 1.76 bits per heavy atom. The lowest BCUT2D eigenvalue weighted by Gasteiger charge is -2.36. The molecule has 0 saturated carbocycles. The normalized spacial score (nSPS) is 31.4. The second-order valence-electron chi connectivity index (χ2n) is 6.78. The van der Waals surface area contributed by atoms with Crippen molar-refractivity contribution in [3.63, 3.8) is 0 Å². The summed E-state index contributed by atoms with van der Waals surface area (Å²) in [5.74, 6) is 0.789. The van der Waals surface area contributed by atoms with Gasteiger partial charge in [0.1, 0.15) is 0 Å². The van der Waals surface area contributed by atoms with E-state index in [1.807, 2.05) is 0 Å². The Hall–Kier alpha value is 0.310. The highest BCUT2D eigenvalue weighted by molar-refractivity contribution is 8.00. The molecule has 0 aromatic rings. The van der Waals surface area contributed by atoms with Crippen molar-refractivity contribution in [2.45, 2.75) is 78.0 Å². The van der Waals surface area contributed by atoms with E-state index in [0.29, 0.717) is 10.8 Å². The van der Waals surface area contributed by atoms with E-state index in [9.17, 15) is 0 Å². The Morgan fingerprint density at radius 1 is 1.18 bits per heavy atom. The summed E-state index contributed by atoms with van der Waals surface area (Å²) >= 11 is 2.23. The topological polar surface area (TPSA) is 3.24 Å². The molecule has 1 saturated heterocycles. The van der Waals surface area contributed by atoms with Gasteiger partial charge in [0.25, 0.3) is 0 Å². The van der Waals surface area contributed by atoms with Crippen LogP contribution in [0, 0.1) is 11.3 Å². The largest absolute Gasteiger partial charge is 0.287 e. The number of hydrogen-bond acceptors (Lipinski definition) is 2. The SMILES string of the molecule is CCCN1C(CC)C(C(C)C)SC1C(C)(C)C. The molecule has 3 unspecified atom stereocenters. The van der Waals surface area contributed by atoms with Gasteiger partial charge in [0.15, 0.2) is 0 Å². The summed E-state index contributed by atoms with van der Waals surface area (Å²) in [6, 6.07) is 0.782. The molecule has 0 spiro atoms. The van der Waals surface area contributed by atoms with Crippen molar-refractivity contribution in [2.75, 3.05) is 6.54 Å². The molecule has 1 nitrogen and oxygen atoms in total. The molecule has 1 aliphatic rings. The Kier molecular flexibility index (Phi) is 5.39. The van der Waals surface area contributed by atoms with Crippen LogP contribution in [0.15, 0.2) is 0 Å². The Bertz CT molecular complexity index is 232. The number of hydrogen-bond donors (Lipinski definition) is 0. The van der Waals surface area contributed by atoms with Gasteiger partial charge < -0.3 is 0 Å². The maximum absolute atomic E-state index is 2.79. The van der Waals surface area contributed by atoms with Gasteiger partial charge in [-0.1, -0.05) is 48.5 Å². The smallest absolute Gasteiger partial charge is 0.0612 e. The van der Waals surface area contributed by atoms with Crippen LogP contribution < -0.4 is 0 Å². The Labute approximate surface area is 113 Å². The van der Waals surface area contributed by atoms with Crippen molar-refractivity contribution in [1.82, 2.24) is 4.90 Å². The number of nitrogens with zero attached hydrogens (tertiary/aromatic N) is 1. The number of rotatable bonds is 4. The van der Waals surface area contributed by atoms with Gasteiger partial charge in [-0.2, -0.15) is 0 Å². The van der Waals surface area contributed by atoms with Crippen molar-refractivity contribution >= 4 is 11.8 Å². The molecule has 3 atom stereocenters. The predicted molar refractivity (Wildman–Crippen MR) is 80.5 cm³/mol. The average molecular weight is 257 g/mol. The summed E-state index contributed by atoms with van der Waals surface area (Å²) < 4.78 is 0. The van der Waals surface area contributed by atoms with E-state index in [4.69, 9.17) is 0 Å². The summed E-state index contributed by atoms with van der Waals surface area (Å²) in [7, 11) is 0. The molecule has 0 aliphatic carbocycles. The summed E-state index contributed by atoms with van der Waals surface area (Å²) in [6.07, 6.45) is 2.57. The first kappa shape index (κ1) is 15.4. The van der Waals surface area contributed by atoms with Crippen LogP contribution in [0.4, 0.5) is 0 Å². The highest BCUT2D eigenvalue weighted by atomic mass is 32.2. The molecule has 102 valence electrons. The molecule has 1 heterocycles. The van der Waals surface area contributed by atoms with E-state index in [-0.39, 0.29) is 0 Å². The molecule has 0 aromatic carbocycles. The lowest BCUT2D eigenvalue weighted by atomic mass is 9.92. The molecule has 17 heavy (non-hydrogen) atoms. The van der Waals surface area contributed by atoms with Crippen LogP contribution in [0.25, 0.3) is 0 Å². The van der Waals surface area contributed by atoms with Crippen molar-refractivity contribution in [3.05, 3.63) is 0 Å². The van der Waals surface area contributed by atoms with E-state index in [0.717, 1.165) is 17.2 Å². The van der Waals surface area contributed by atoms with Crippen LogP contribution in [0.5, 0.6) is 0 Å². The van der Waals surface area contributed by atoms with E-state index >= 15 is 0 Å². The van der Waals surface area contributed by atoms with Crippen LogP contribution in [0.1, 0.15) is 61.3 Å². The van der Waals surface area contributed by atoms with E-state index < -0.39 is 0 Å². The van der Waals surface area contributed by atoms with Gasteiger partial charge in [0.2, 0.25) is 0 Å². The minimum Gasteiger partial charge on any atom is -0.287 e. The fourth-order valence-corrected chi connectivity index (χ4v) is 4.96. The highest BCUT2D eigenvalue weighted by Crippen LogP contribution is 2.47. The zero-order valence-corrected chi connectivity index (χ0v) is 13.6. The third-order valence-corrected chi connectivity index (χ3v) is 6.10. The van der Waals surface area contributed by atoms with Gasteiger partial charge in [-0.3, -0.25) is 4.90 Å². The summed E-state index contributed by atoms with van der Waals surface area (Å²) in [5.41, 5.74) is 0.386. The standard InChI is InChI=1S/C15H31NS/c1-8-10-16-12(9-2)13(11(3)4)17-14(16)15(5,6)7/h11-14H,8-10H2,1-7H3. The van der Waals surface area contributed by atoms with Gasteiger partial charge in [-0.05, 0) is 30.7 Å². The fraction of sp³-hybridized carbons (Fsp3) is 1.00. The average Bonchev–Trinajstić information content (AvgIpc) is 2.56. The van der Waals surface area contributed by atoms with Crippen LogP contribution in [0.3, 0.4) is 0 Å². The summed E-state index contributed by atoms with van der Waals surface area (Å²) in [4.78, 5) is 2.79. The quantitative estimate of drug-likeness (QED) is 0.723. The van der Waals surface area contributed by atoms with Gasteiger partial charge in [-0.25, -0.2) is 0 Å². The Balaban J connectivity index is 2.92. The van der Waals surface area contributed by atoms with Gasteiger partial charge >= 0.3 is 0 Å². The third kappa shape index (κ3) is 3.41. The van der Waals surface area contributed by atoms with E-state index in [2.05, 4.69) is 65.1 Å². The molecular formula is C15H31NS. The van der Waals surface area contributed by atoms with Crippen LogP contribution in [0.2, 0.25) is 0 Å². The number of thioether (sulfide) groups is 1. The van der Waals surface area contributed by atoms with Crippen molar-refractivity contribution in [2.24, 2.45) is 11.3 Å². The molecule has 0 bridgehead atoms. The molecule has 1 fully saturated rings. The first-order valence-electron chi connectivity index (χ1n) is 7.24.